The normalized spacial score (nSPS) is 11.1. The highest BCUT2D eigenvalue weighted by Gasteiger charge is 2.00. The number of carboxylic acid groups (broad SMARTS) is 1. The summed E-state index contributed by atoms with van der Waals surface area (Å²) in [5.74, 6) is -1.19. The lowest BCUT2D eigenvalue weighted by Crippen LogP contribution is -2.21. The van der Waals surface area contributed by atoms with Gasteiger partial charge in [0.05, 0.1) is 17.4 Å². The quantitative estimate of drug-likeness (QED) is 0.676. The Morgan fingerprint density at radius 3 is 2.05 bits per heavy atom. The van der Waals surface area contributed by atoms with E-state index in [0.29, 0.717) is 5.69 Å². The van der Waals surface area contributed by atoms with E-state index in [2.05, 4.69) is 10.5 Å². The fraction of sp³-hybridized carbons (Fsp3) is 0.176. The molecule has 2 aromatic rings. The highest BCUT2D eigenvalue weighted by Crippen LogP contribution is 2.14. The summed E-state index contributed by atoms with van der Waals surface area (Å²) < 4.78 is 0. The van der Waals surface area contributed by atoms with E-state index in [9.17, 15) is 9.90 Å². The van der Waals surface area contributed by atoms with Crippen LogP contribution in [0, 0.1) is 0 Å². The molecular formula is C17H18N3O2-. The van der Waals surface area contributed by atoms with Crippen LogP contribution in [0.15, 0.2) is 53.6 Å². The molecule has 0 aliphatic carbocycles. The monoisotopic (exact) mass is 296 g/mol. The molecule has 2 aromatic carbocycles. The Morgan fingerprint density at radius 2 is 1.55 bits per heavy atom. The molecule has 0 bridgehead atoms. The van der Waals surface area contributed by atoms with E-state index in [-0.39, 0.29) is 5.56 Å². The second kappa shape index (κ2) is 6.76. The van der Waals surface area contributed by atoms with Gasteiger partial charge in [0.2, 0.25) is 0 Å². The number of hydrazone groups is 1. The van der Waals surface area contributed by atoms with Crippen LogP contribution in [0.1, 0.15) is 22.8 Å². The van der Waals surface area contributed by atoms with Crippen LogP contribution in [0.3, 0.4) is 0 Å². The number of hydrogen-bond acceptors (Lipinski definition) is 5. The van der Waals surface area contributed by atoms with Crippen LogP contribution in [0.2, 0.25) is 0 Å². The molecule has 0 radical (unpaired) electrons. The van der Waals surface area contributed by atoms with Crippen molar-refractivity contribution in [1.29, 1.82) is 0 Å². The molecule has 1 N–H and O–H groups in total. The number of rotatable bonds is 5. The predicted molar refractivity (Wildman–Crippen MR) is 87.4 cm³/mol. The second-order valence-electron chi connectivity index (χ2n) is 5.12. The molecule has 0 spiro atoms. The smallest absolute Gasteiger partial charge is 0.0715 e. The molecule has 0 saturated heterocycles. The van der Waals surface area contributed by atoms with Crippen LogP contribution in [0.4, 0.5) is 11.4 Å². The van der Waals surface area contributed by atoms with Crippen LogP contribution in [0.5, 0.6) is 0 Å². The van der Waals surface area contributed by atoms with E-state index in [0.717, 1.165) is 17.0 Å². The summed E-state index contributed by atoms with van der Waals surface area (Å²) in [6, 6.07) is 14.3. The van der Waals surface area contributed by atoms with Crippen molar-refractivity contribution < 1.29 is 9.90 Å². The average Bonchev–Trinajstić information content (AvgIpc) is 2.53. The van der Waals surface area contributed by atoms with Crippen molar-refractivity contribution in [3.05, 3.63) is 59.7 Å². The minimum Gasteiger partial charge on any atom is -0.545 e. The summed E-state index contributed by atoms with van der Waals surface area (Å²) in [5, 5.41) is 15.0. The van der Waals surface area contributed by atoms with Crippen LogP contribution < -0.4 is 15.4 Å². The van der Waals surface area contributed by atoms with E-state index >= 15 is 0 Å². The number of nitrogens with zero attached hydrogens (tertiary/aromatic N) is 2. The van der Waals surface area contributed by atoms with E-state index in [1.807, 2.05) is 50.2 Å². The number of carbonyl (C=O) groups is 1. The van der Waals surface area contributed by atoms with Gasteiger partial charge in [-0.15, -0.1) is 0 Å². The maximum absolute atomic E-state index is 10.7. The molecule has 0 saturated carbocycles. The highest BCUT2D eigenvalue weighted by molar-refractivity contribution is 5.99. The number of hydrogen-bond donors (Lipinski definition) is 1. The molecule has 5 heteroatoms. The summed E-state index contributed by atoms with van der Waals surface area (Å²) in [4.78, 5) is 12.7. The molecule has 0 heterocycles. The molecule has 0 aliphatic rings. The minimum absolute atomic E-state index is 0.144. The maximum Gasteiger partial charge on any atom is 0.0715 e. The largest absolute Gasteiger partial charge is 0.545 e. The van der Waals surface area contributed by atoms with Crippen molar-refractivity contribution in [3.8, 4) is 0 Å². The lowest BCUT2D eigenvalue weighted by Gasteiger charge is -2.12. The van der Waals surface area contributed by atoms with Crippen LogP contribution >= 0.6 is 0 Å². The van der Waals surface area contributed by atoms with Crippen molar-refractivity contribution in [3.63, 3.8) is 0 Å². The topological polar surface area (TPSA) is 67.8 Å². The molecule has 114 valence electrons. The third-order valence-electron chi connectivity index (χ3n) is 3.27. The first-order valence-electron chi connectivity index (χ1n) is 6.87. The molecule has 2 rings (SSSR count). The highest BCUT2D eigenvalue weighted by atomic mass is 16.4. The Morgan fingerprint density at radius 1 is 1.00 bits per heavy atom. The average molecular weight is 296 g/mol. The van der Waals surface area contributed by atoms with Crippen LogP contribution in [-0.4, -0.2) is 25.8 Å². The molecule has 0 atom stereocenters. The van der Waals surface area contributed by atoms with E-state index in [4.69, 9.17) is 0 Å². The third kappa shape index (κ3) is 3.85. The van der Waals surface area contributed by atoms with E-state index in [1.54, 1.807) is 12.1 Å². The molecule has 0 aliphatic heterocycles. The Bertz CT molecular complexity index is 674. The first-order chi connectivity index (χ1) is 10.5. The number of anilines is 2. The maximum atomic E-state index is 10.7. The predicted octanol–water partition coefficient (Wildman–Crippen LogP) is 1.95. The van der Waals surface area contributed by atoms with Gasteiger partial charge >= 0.3 is 0 Å². The van der Waals surface area contributed by atoms with Gasteiger partial charge in [-0.25, -0.2) is 0 Å². The van der Waals surface area contributed by atoms with Gasteiger partial charge in [-0.1, -0.05) is 24.3 Å². The van der Waals surface area contributed by atoms with Crippen molar-refractivity contribution >= 4 is 23.1 Å². The summed E-state index contributed by atoms with van der Waals surface area (Å²) in [6.07, 6.45) is 0. The Balaban J connectivity index is 2.07. The van der Waals surface area contributed by atoms with Gasteiger partial charge in [-0.05, 0) is 42.3 Å². The summed E-state index contributed by atoms with van der Waals surface area (Å²) in [5.41, 5.74) is 6.76. The summed E-state index contributed by atoms with van der Waals surface area (Å²) in [6.45, 7) is 1.91. The standard InChI is InChI=1S/C17H19N3O2/c1-12(13-6-10-16(11-7-13)20(2)3)18-19-15-8-4-14(5-9-15)17(21)22/h4-11,19H,1-3H3,(H,21,22)/p-1/b18-12-. The van der Waals surface area contributed by atoms with Gasteiger partial charge < -0.3 is 14.8 Å². The number of benzene rings is 2. The number of carbonyl (C=O) groups excluding carboxylic acids is 1. The zero-order valence-corrected chi connectivity index (χ0v) is 12.8. The van der Waals surface area contributed by atoms with Gasteiger partial charge in [-0.2, -0.15) is 5.10 Å². The first kappa shape index (κ1) is 15.6. The first-order valence-corrected chi connectivity index (χ1v) is 6.87. The summed E-state index contributed by atoms with van der Waals surface area (Å²) >= 11 is 0. The van der Waals surface area contributed by atoms with Gasteiger partial charge in [-0.3, -0.25) is 5.43 Å². The van der Waals surface area contributed by atoms with Crippen LogP contribution in [0.25, 0.3) is 0 Å². The minimum atomic E-state index is -1.19. The molecule has 0 aromatic heterocycles. The fourth-order valence-electron chi connectivity index (χ4n) is 1.89. The van der Waals surface area contributed by atoms with E-state index in [1.165, 1.54) is 12.1 Å². The Labute approximate surface area is 129 Å². The lowest BCUT2D eigenvalue weighted by molar-refractivity contribution is -0.255. The zero-order valence-electron chi connectivity index (χ0n) is 12.8. The zero-order chi connectivity index (χ0) is 16.1. The fourth-order valence-corrected chi connectivity index (χ4v) is 1.89. The molecule has 0 unspecified atom stereocenters. The second-order valence-corrected chi connectivity index (χ2v) is 5.12. The van der Waals surface area contributed by atoms with Crippen molar-refractivity contribution in [1.82, 2.24) is 0 Å². The lowest BCUT2D eigenvalue weighted by atomic mass is 10.1. The molecule has 22 heavy (non-hydrogen) atoms. The summed E-state index contributed by atoms with van der Waals surface area (Å²) in [7, 11) is 3.99. The van der Waals surface area contributed by atoms with E-state index < -0.39 is 5.97 Å². The third-order valence-corrected chi connectivity index (χ3v) is 3.27. The Hall–Kier alpha value is -2.82. The van der Waals surface area contributed by atoms with Crippen molar-refractivity contribution in [2.75, 3.05) is 24.4 Å². The number of aromatic carboxylic acids is 1. The molecule has 0 amide bonds. The number of nitrogens with one attached hydrogen (secondary N) is 1. The number of carboxylic acids is 1. The molecular weight excluding hydrogens is 278 g/mol. The molecule has 5 nitrogen and oxygen atoms in total. The van der Waals surface area contributed by atoms with Gasteiger partial charge in [0.1, 0.15) is 0 Å². The Kier molecular flexibility index (Phi) is 4.78. The van der Waals surface area contributed by atoms with Gasteiger partial charge in [0.25, 0.3) is 0 Å². The molecule has 0 fully saturated rings. The van der Waals surface area contributed by atoms with Gasteiger partial charge in [0.15, 0.2) is 0 Å². The van der Waals surface area contributed by atoms with Crippen molar-refractivity contribution in [2.45, 2.75) is 6.92 Å². The van der Waals surface area contributed by atoms with Crippen LogP contribution in [-0.2, 0) is 0 Å². The van der Waals surface area contributed by atoms with Gasteiger partial charge in [0, 0.05) is 19.8 Å². The SMILES string of the molecule is C/C(=N/Nc1ccc(C(=O)[O-])cc1)c1ccc(N(C)C)cc1. The van der Waals surface area contributed by atoms with Crippen molar-refractivity contribution in [2.24, 2.45) is 5.10 Å².